The maximum atomic E-state index is 14.2. The lowest BCUT2D eigenvalue weighted by molar-refractivity contribution is -0.0535. The molecule has 156 valence electrons. The van der Waals surface area contributed by atoms with Crippen molar-refractivity contribution >= 4 is 0 Å². The van der Waals surface area contributed by atoms with Crippen LogP contribution in [0.1, 0.15) is 47.8 Å². The first-order chi connectivity index (χ1) is 14.0. The lowest BCUT2D eigenvalue weighted by Gasteiger charge is -2.38. The first-order valence-corrected chi connectivity index (χ1v) is 10.2. The summed E-state index contributed by atoms with van der Waals surface area (Å²) in [6, 6.07) is 3.51. The van der Waals surface area contributed by atoms with Gasteiger partial charge in [0.05, 0.1) is 30.6 Å². The molecule has 1 aromatic heterocycles. The zero-order valence-corrected chi connectivity index (χ0v) is 16.5. The molecule has 0 saturated carbocycles. The van der Waals surface area contributed by atoms with Crippen LogP contribution >= 0.6 is 0 Å². The van der Waals surface area contributed by atoms with Gasteiger partial charge in [-0.25, -0.2) is 13.8 Å². The number of fused-ring (bicyclic) bond motifs is 1. The first-order valence-electron chi connectivity index (χ1n) is 10.2. The first kappa shape index (κ1) is 19.1. The van der Waals surface area contributed by atoms with Crippen molar-refractivity contribution in [3.8, 4) is 0 Å². The van der Waals surface area contributed by atoms with Crippen LogP contribution in [-0.4, -0.2) is 46.4 Å². The Labute approximate surface area is 168 Å². The van der Waals surface area contributed by atoms with Gasteiger partial charge in [0.15, 0.2) is 0 Å². The topological polar surface area (TPSA) is 65.5 Å². The summed E-state index contributed by atoms with van der Waals surface area (Å²) in [6.07, 6.45) is 1.05. The van der Waals surface area contributed by atoms with Crippen LogP contribution in [-0.2, 0) is 22.6 Å². The Morgan fingerprint density at radius 3 is 2.79 bits per heavy atom. The van der Waals surface area contributed by atoms with Gasteiger partial charge in [0.2, 0.25) is 0 Å². The molecule has 3 aliphatic heterocycles. The predicted octanol–water partition coefficient (Wildman–Crippen LogP) is 2.60. The quantitative estimate of drug-likeness (QED) is 0.852. The summed E-state index contributed by atoms with van der Waals surface area (Å²) in [5.41, 5.74) is 8.91. The van der Waals surface area contributed by atoms with Crippen molar-refractivity contribution in [3.63, 3.8) is 0 Å². The van der Waals surface area contributed by atoms with E-state index in [1.165, 1.54) is 11.8 Å². The summed E-state index contributed by atoms with van der Waals surface area (Å²) in [7, 11) is 0. The second-order valence-corrected chi connectivity index (χ2v) is 8.32. The van der Waals surface area contributed by atoms with E-state index in [4.69, 9.17) is 20.2 Å². The summed E-state index contributed by atoms with van der Waals surface area (Å²) >= 11 is 0. The third-order valence-electron chi connectivity index (χ3n) is 6.43. The lowest BCUT2D eigenvalue weighted by Crippen LogP contribution is -2.48. The molecule has 2 aromatic rings. The van der Waals surface area contributed by atoms with Crippen LogP contribution in [0, 0.1) is 18.6 Å². The maximum absolute atomic E-state index is 14.2. The molecule has 3 aliphatic rings. The van der Waals surface area contributed by atoms with E-state index >= 15 is 0 Å². The molecule has 0 amide bonds. The third kappa shape index (κ3) is 3.38. The van der Waals surface area contributed by atoms with Gasteiger partial charge in [0.1, 0.15) is 23.6 Å². The number of halogens is 2. The molecule has 4 heterocycles. The van der Waals surface area contributed by atoms with Crippen molar-refractivity contribution in [2.45, 2.75) is 57.1 Å². The Morgan fingerprint density at radius 2 is 2.03 bits per heavy atom. The molecule has 5 rings (SSSR count). The van der Waals surface area contributed by atoms with Crippen LogP contribution in [0.15, 0.2) is 18.2 Å². The fourth-order valence-electron chi connectivity index (χ4n) is 5.00. The summed E-state index contributed by atoms with van der Waals surface area (Å²) in [4.78, 5) is 7.12. The minimum Gasteiger partial charge on any atom is -0.379 e. The average molecular weight is 404 g/mol. The third-order valence-corrected chi connectivity index (χ3v) is 6.43. The standard InChI is InChI=1S/C21H26F2N4O2/c1-12-25-19-8-26(9-20(19)27(12)14-4-5-28-10-14)15-7-18(24)21(29-11-15)16-6-13(22)2-3-17(16)23/h2-3,6,14-15,18,21H,4-5,7-11,24H2,1H3/t14?,15-,18+,21-/m1/s1. The fourth-order valence-corrected chi connectivity index (χ4v) is 5.00. The highest BCUT2D eigenvalue weighted by Crippen LogP contribution is 2.36. The van der Waals surface area contributed by atoms with Gasteiger partial charge in [-0.3, -0.25) is 4.90 Å². The zero-order valence-electron chi connectivity index (χ0n) is 16.5. The number of ether oxygens (including phenoxy) is 2. The smallest absolute Gasteiger partial charge is 0.129 e. The molecule has 6 nitrogen and oxygen atoms in total. The number of aromatic nitrogens is 2. The highest BCUT2D eigenvalue weighted by Gasteiger charge is 2.38. The van der Waals surface area contributed by atoms with Crippen LogP contribution in [0.5, 0.6) is 0 Å². The van der Waals surface area contributed by atoms with E-state index in [9.17, 15) is 8.78 Å². The molecule has 0 aliphatic carbocycles. The molecule has 29 heavy (non-hydrogen) atoms. The minimum absolute atomic E-state index is 0.126. The number of rotatable bonds is 3. The Hall–Kier alpha value is -1.87. The zero-order chi connectivity index (χ0) is 20.1. The van der Waals surface area contributed by atoms with E-state index in [2.05, 4.69) is 16.4 Å². The number of nitrogens with zero attached hydrogens (tertiary/aromatic N) is 3. The Balaban J connectivity index is 1.29. The molecule has 0 radical (unpaired) electrons. The van der Waals surface area contributed by atoms with E-state index in [0.717, 1.165) is 56.4 Å². The highest BCUT2D eigenvalue weighted by molar-refractivity contribution is 5.25. The molecular weight excluding hydrogens is 378 g/mol. The predicted molar refractivity (Wildman–Crippen MR) is 102 cm³/mol. The molecule has 4 atom stereocenters. The van der Waals surface area contributed by atoms with Gasteiger partial charge in [-0.15, -0.1) is 0 Å². The summed E-state index contributed by atoms with van der Waals surface area (Å²) in [5, 5.41) is 0. The molecule has 1 unspecified atom stereocenters. The van der Waals surface area contributed by atoms with E-state index in [-0.39, 0.29) is 11.6 Å². The van der Waals surface area contributed by atoms with Crippen LogP contribution in [0.2, 0.25) is 0 Å². The van der Waals surface area contributed by atoms with Crippen LogP contribution < -0.4 is 5.73 Å². The van der Waals surface area contributed by atoms with Gasteiger partial charge in [-0.2, -0.15) is 0 Å². The van der Waals surface area contributed by atoms with Gasteiger partial charge in [-0.05, 0) is 38.0 Å². The number of hydrogen-bond donors (Lipinski definition) is 1. The second kappa shape index (κ2) is 7.43. The van der Waals surface area contributed by atoms with Crippen molar-refractivity contribution in [1.29, 1.82) is 0 Å². The maximum Gasteiger partial charge on any atom is 0.129 e. The van der Waals surface area contributed by atoms with Crippen molar-refractivity contribution in [2.24, 2.45) is 5.73 Å². The second-order valence-electron chi connectivity index (χ2n) is 8.32. The molecule has 0 spiro atoms. The molecule has 2 N–H and O–H groups in total. The lowest BCUT2D eigenvalue weighted by atomic mass is 9.93. The molecule has 1 aromatic carbocycles. The van der Waals surface area contributed by atoms with Crippen LogP contribution in [0.25, 0.3) is 0 Å². The van der Waals surface area contributed by atoms with Gasteiger partial charge in [0.25, 0.3) is 0 Å². The number of benzene rings is 1. The van der Waals surface area contributed by atoms with E-state index in [1.807, 2.05) is 0 Å². The summed E-state index contributed by atoms with van der Waals surface area (Å²) in [5.74, 6) is 0.0819. The Morgan fingerprint density at radius 1 is 1.17 bits per heavy atom. The van der Waals surface area contributed by atoms with Crippen LogP contribution in [0.4, 0.5) is 8.78 Å². The van der Waals surface area contributed by atoms with E-state index < -0.39 is 23.8 Å². The normalized spacial score (nSPS) is 30.1. The fraction of sp³-hybridized carbons (Fsp3) is 0.571. The minimum atomic E-state index is -0.628. The van der Waals surface area contributed by atoms with E-state index in [1.54, 1.807) is 0 Å². The Bertz CT molecular complexity index is 912. The van der Waals surface area contributed by atoms with Crippen molar-refractivity contribution in [1.82, 2.24) is 14.5 Å². The SMILES string of the molecule is Cc1nc2c(n1C1CCOC1)CN([C@H]1CO[C@H](c3cc(F)ccc3F)[C@@H](N)C1)C2. The van der Waals surface area contributed by atoms with Crippen molar-refractivity contribution in [3.05, 3.63) is 52.6 Å². The number of imidazole rings is 1. The molecule has 8 heteroatoms. The summed E-state index contributed by atoms with van der Waals surface area (Å²) in [6.45, 7) is 5.58. The molecular formula is C21H26F2N4O2. The van der Waals surface area contributed by atoms with Crippen molar-refractivity contribution < 1.29 is 18.3 Å². The number of aryl methyl sites for hydroxylation is 1. The highest BCUT2D eigenvalue weighted by atomic mass is 19.1. The van der Waals surface area contributed by atoms with Gasteiger partial charge in [-0.1, -0.05) is 0 Å². The molecule has 0 bridgehead atoms. The van der Waals surface area contributed by atoms with Gasteiger partial charge in [0, 0.05) is 37.3 Å². The molecule has 2 fully saturated rings. The van der Waals surface area contributed by atoms with Gasteiger partial charge >= 0.3 is 0 Å². The monoisotopic (exact) mass is 404 g/mol. The van der Waals surface area contributed by atoms with Crippen LogP contribution in [0.3, 0.4) is 0 Å². The van der Waals surface area contributed by atoms with Crippen molar-refractivity contribution in [2.75, 3.05) is 19.8 Å². The number of hydrogen-bond acceptors (Lipinski definition) is 5. The average Bonchev–Trinajstić information content (AvgIpc) is 3.40. The Kier molecular flexibility index (Phi) is 4.90. The number of nitrogens with two attached hydrogens (primary N) is 1. The largest absolute Gasteiger partial charge is 0.379 e. The molecule has 2 saturated heterocycles. The van der Waals surface area contributed by atoms with E-state index in [0.29, 0.717) is 19.1 Å². The van der Waals surface area contributed by atoms with Gasteiger partial charge < -0.3 is 19.8 Å². The summed E-state index contributed by atoms with van der Waals surface area (Å²) < 4.78 is 41.6.